The molecule has 3 heterocycles. The fourth-order valence-corrected chi connectivity index (χ4v) is 2.33. The predicted octanol–water partition coefficient (Wildman–Crippen LogP) is 2.10. The molecular weight excluding hydrogens is 234 g/mol. The normalized spacial score (nSPS) is 13.1. The van der Waals surface area contributed by atoms with Crippen LogP contribution < -0.4 is 5.73 Å². The number of hydrogen-bond acceptors (Lipinski definition) is 5. The van der Waals surface area contributed by atoms with Crippen LogP contribution in [0.4, 0.5) is 0 Å². The van der Waals surface area contributed by atoms with Crippen molar-refractivity contribution in [3.8, 4) is 11.5 Å². The molecule has 86 valence electrons. The Morgan fingerprint density at radius 2 is 2.29 bits per heavy atom. The van der Waals surface area contributed by atoms with Gasteiger partial charge in [0, 0.05) is 11.6 Å². The number of hydrogen-bond donors (Lipinski definition) is 2. The minimum absolute atomic E-state index is 0.0451. The van der Waals surface area contributed by atoms with E-state index in [0.29, 0.717) is 5.65 Å². The van der Waals surface area contributed by atoms with Gasteiger partial charge in [0.15, 0.2) is 11.5 Å². The Balaban J connectivity index is 2.07. The summed E-state index contributed by atoms with van der Waals surface area (Å²) in [6.45, 7) is 1.92. The van der Waals surface area contributed by atoms with Crippen molar-refractivity contribution in [2.75, 3.05) is 0 Å². The van der Waals surface area contributed by atoms with Crippen molar-refractivity contribution < 1.29 is 0 Å². The quantitative estimate of drug-likeness (QED) is 0.724. The van der Waals surface area contributed by atoms with E-state index in [0.717, 1.165) is 22.0 Å². The SMILES string of the molecule is CC(N)c1nc(-c2nc3ncccc3[nH]2)cs1. The number of rotatable bonds is 2. The van der Waals surface area contributed by atoms with Crippen LogP contribution in [0, 0.1) is 0 Å². The third kappa shape index (κ3) is 1.81. The molecule has 0 saturated carbocycles. The molecule has 0 saturated heterocycles. The van der Waals surface area contributed by atoms with Crippen molar-refractivity contribution in [2.45, 2.75) is 13.0 Å². The third-order valence-corrected chi connectivity index (χ3v) is 3.46. The molecular formula is C11H11N5S. The minimum atomic E-state index is -0.0451. The first-order chi connectivity index (χ1) is 8.24. The first-order valence-electron chi connectivity index (χ1n) is 5.26. The van der Waals surface area contributed by atoms with E-state index in [1.807, 2.05) is 24.4 Å². The van der Waals surface area contributed by atoms with Gasteiger partial charge in [0.25, 0.3) is 0 Å². The summed E-state index contributed by atoms with van der Waals surface area (Å²) in [5.74, 6) is 0.738. The largest absolute Gasteiger partial charge is 0.335 e. The second-order valence-electron chi connectivity index (χ2n) is 3.82. The molecule has 3 aromatic rings. The van der Waals surface area contributed by atoms with E-state index in [1.165, 1.54) is 0 Å². The van der Waals surface area contributed by atoms with E-state index in [-0.39, 0.29) is 6.04 Å². The van der Waals surface area contributed by atoms with Crippen LogP contribution in [0.15, 0.2) is 23.7 Å². The van der Waals surface area contributed by atoms with Gasteiger partial charge >= 0.3 is 0 Å². The van der Waals surface area contributed by atoms with Crippen LogP contribution in [0.2, 0.25) is 0 Å². The number of nitrogens with two attached hydrogens (primary N) is 1. The number of H-pyrrole nitrogens is 1. The van der Waals surface area contributed by atoms with Gasteiger partial charge in [-0.2, -0.15) is 0 Å². The van der Waals surface area contributed by atoms with E-state index >= 15 is 0 Å². The van der Waals surface area contributed by atoms with Gasteiger partial charge in [-0.25, -0.2) is 15.0 Å². The van der Waals surface area contributed by atoms with E-state index in [2.05, 4.69) is 19.9 Å². The van der Waals surface area contributed by atoms with Crippen molar-refractivity contribution >= 4 is 22.5 Å². The van der Waals surface area contributed by atoms with E-state index in [9.17, 15) is 0 Å². The number of pyridine rings is 1. The molecule has 0 aliphatic heterocycles. The molecule has 5 nitrogen and oxygen atoms in total. The third-order valence-electron chi connectivity index (χ3n) is 2.41. The molecule has 3 aromatic heterocycles. The van der Waals surface area contributed by atoms with Crippen LogP contribution in [0.25, 0.3) is 22.7 Å². The van der Waals surface area contributed by atoms with Gasteiger partial charge in [-0.15, -0.1) is 11.3 Å². The van der Waals surface area contributed by atoms with Crippen LogP contribution >= 0.6 is 11.3 Å². The minimum Gasteiger partial charge on any atom is -0.335 e. The summed E-state index contributed by atoms with van der Waals surface area (Å²) in [7, 11) is 0. The lowest BCUT2D eigenvalue weighted by Gasteiger charge is -1.96. The maximum atomic E-state index is 5.79. The average Bonchev–Trinajstić information content (AvgIpc) is 2.95. The number of aromatic amines is 1. The molecule has 3 rings (SSSR count). The molecule has 0 bridgehead atoms. The monoisotopic (exact) mass is 245 g/mol. The van der Waals surface area contributed by atoms with Crippen LogP contribution in [0.3, 0.4) is 0 Å². The van der Waals surface area contributed by atoms with Crippen LogP contribution in [0.5, 0.6) is 0 Å². The number of aromatic nitrogens is 4. The molecule has 1 atom stereocenters. The summed E-state index contributed by atoms with van der Waals surface area (Å²) in [5, 5.41) is 2.87. The van der Waals surface area contributed by atoms with Gasteiger partial charge < -0.3 is 10.7 Å². The maximum absolute atomic E-state index is 5.79. The molecule has 0 aliphatic rings. The van der Waals surface area contributed by atoms with E-state index in [1.54, 1.807) is 17.5 Å². The fourth-order valence-electron chi connectivity index (χ4n) is 1.57. The lowest BCUT2D eigenvalue weighted by atomic mass is 10.4. The van der Waals surface area contributed by atoms with Crippen molar-refractivity contribution in [3.05, 3.63) is 28.7 Å². The highest BCUT2D eigenvalue weighted by Gasteiger charge is 2.11. The first-order valence-corrected chi connectivity index (χ1v) is 6.14. The molecule has 0 amide bonds. The molecule has 0 radical (unpaired) electrons. The van der Waals surface area contributed by atoms with Gasteiger partial charge in [-0.1, -0.05) is 0 Å². The Morgan fingerprint density at radius 3 is 3.00 bits per heavy atom. The molecule has 0 aliphatic carbocycles. The Bertz CT molecular complexity index is 621. The lowest BCUT2D eigenvalue weighted by Crippen LogP contribution is -2.03. The summed E-state index contributed by atoms with van der Waals surface area (Å²) in [4.78, 5) is 16.2. The highest BCUT2D eigenvalue weighted by Crippen LogP contribution is 2.23. The summed E-state index contributed by atoms with van der Waals surface area (Å²) in [5.41, 5.74) is 8.23. The molecule has 3 N–H and O–H groups in total. The summed E-state index contributed by atoms with van der Waals surface area (Å²) >= 11 is 1.55. The lowest BCUT2D eigenvalue weighted by molar-refractivity contribution is 0.807. The molecule has 6 heteroatoms. The van der Waals surface area contributed by atoms with Crippen LogP contribution in [0.1, 0.15) is 18.0 Å². The van der Waals surface area contributed by atoms with Crippen molar-refractivity contribution in [1.82, 2.24) is 19.9 Å². The van der Waals surface area contributed by atoms with E-state index < -0.39 is 0 Å². The molecule has 1 unspecified atom stereocenters. The molecule has 0 spiro atoms. The van der Waals surface area contributed by atoms with Gasteiger partial charge in [0.1, 0.15) is 10.7 Å². The zero-order valence-corrected chi connectivity index (χ0v) is 10.0. The smallest absolute Gasteiger partial charge is 0.178 e. The second-order valence-corrected chi connectivity index (χ2v) is 4.71. The molecule has 0 fully saturated rings. The Labute approximate surface area is 102 Å². The summed E-state index contributed by atoms with van der Waals surface area (Å²) < 4.78 is 0. The van der Waals surface area contributed by atoms with Crippen molar-refractivity contribution in [1.29, 1.82) is 0 Å². The second kappa shape index (κ2) is 3.90. The summed E-state index contributed by atoms with van der Waals surface area (Å²) in [6.07, 6.45) is 1.72. The molecule has 17 heavy (non-hydrogen) atoms. The average molecular weight is 245 g/mol. The zero-order chi connectivity index (χ0) is 11.8. The maximum Gasteiger partial charge on any atom is 0.178 e. The van der Waals surface area contributed by atoms with Crippen molar-refractivity contribution in [3.63, 3.8) is 0 Å². The Kier molecular flexibility index (Phi) is 2.38. The summed E-state index contributed by atoms with van der Waals surface area (Å²) in [6, 6.07) is 3.77. The number of fused-ring (bicyclic) bond motifs is 1. The Morgan fingerprint density at radius 1 is 1.41 bits per heavy atom. The van der Waals surface area contributed by atoms with Gasteiger partial charge in [-0.3, -0.25) is 0 Å². The van der Waals surface area contributed by atoms with Gasteiger partial charge in [0.05, 0.1) is 11.6 Å². The number of nitrogens with zero attached hydrogens (tertiary/aromatic N) is 3. The van der Waals surface area contributed by atoms with Crippen LogP contribution in [-0.2, 0) is 0 Å². The first kappa shape index (κ1) is 10.4. The Hall–Kier alpha value is -1.79. The molecule has 0 aromatic carbocycles. The standard InChI is InChI=1S/C11H11N5S/c1-6(12)11-15-8(5-17-11)10-14-7-3-2-4-13-9(7)16-10/h2-6H,12H2,1H3,(H,13,14,16). The fraction of sp³-hybridized carbons (Fsp3) is 0.182. The topological polar surface area (TPSA) is 80.5 Å². The number of thiazole rings is 1. The zero-order valence-electron chi connectivity index (χ0n) is 9.21. The highest BCUT2D eigenvalue weighted by atomic mass is 32.1. The van der Waals surface area contributed by atoms with Crippen LogP contribution in [-0.4, -0.2) is 19.9 Å². The van der Waals surface area contributed by atoms with E-state index in [4.69, 9.17) is 5.73 Å². The number of imidazole rings is 1. The van der Waals surface area contributed by atoms with Gasteiger partial charge in [-0.05, 0) is 19.1 Å². The van der Waals surface area contributed by atoms with Crippen molar-refractivity contribution in [2.24, 2.45) is 5.73 Å². The van der Waals surface area contributed by atoms with Gasteiger partial charge in [0.2, 0.25) is 0 Å². The predicted molar refractivity (Wildman–Crippen MR) is 67.6 cm³/mol. The highest BCUT2D eigenvalue weighted by molar-refractivity contribution is 7.10. The number of nitrogens with one attached hydrogen (secondary N) is 1.